The van der Waals surface area contributed by atoms with Crippen LogP contribution in [0.2, 0.25) is 0 Å². The van der Waals surface area contributed by atoms with Crippen molar-refractivity contribution in [2.45, 2.75) is 0 Å². The van der Waals surface area contributed by atoms with Gasteiger partial charge in [0.05, 0.1) is 11.2 Å². The average Bonchev–Trinajstić information content (AvgIpc) is 2.88. The van der Waals surface area contributed by atoms with Crippen molar-refractivity contribution in [2.75, 3.05) is 5.73 Å². The first-order chi connectivity index (χ1) is 7.36. The fourth-order valence-electron chi connectivity index (χ4n) is 1.83. The molecule has 4 nitrogen and oxygen atoms in total. The summed E-state index contributed by atoms with van der Waals surface area (Å²) in [5.41, 5.74) is 7.97. The van der Waals surface area contributed by atoms with Crippen molar-refractivity contribution in [2.24, 2.45) is 0 Å². The van der Waals surface area contributed by atoms with Gasteiger partial charge in [-0.2, -0.15) is 5.10 Å². The molecule has 3 aromatic rings. The standard InChI is InChI=1S/C11H10N4/c12-11-10-8(13-14-11)4-3-5-9(10)15-6-1-2-7-15/h1-7H,(H3,12,13,14)/p+1. The monoisotopic (exact) mass is 199 g/mol. The van der Waals surface area contributed by atoms with Gasteiger partial charge in [-0.25, -0.2) is 5.10 Å². The van der Waals surface area contributed by atoms with E-state index in [1.54, 1.807) is 0 Å². The van der Waals surface area contributed by atoms with Crippen molar-refractivity contribution in [3.63, 3.8) is 0 Å². The number of H-pyrrole nitrogens is 2. The Balaban J connectivity index is 2.39. The number of nitrogens with two attached hydrogens (primary N) is 1. The first-order valence-corrected chi connectivity index (χ1v) is 4.77. The molecule has 4 heteroatoms. The Morgan fingerprint density at radius 2 is 1.93 bits per heavy atom. The van der Waals surface area contributed by atoms with Crippen LogP contribution in [0.4, 0.5) is 5.82 Å². The summed E-state index contributed by atoms with van der Waals surface area (Å²) in [6.07, 6.45) is 4.00. The van der Waals surface area contributed by atoms with E-state index in [2.05, 4.69) is 10.2 Å². The molecule has 1 aromatic carbocycles. The molecule has 0 spiro atoms. The summed E-state index contributed by atoms with van der Waals surface area (Å²) in [6, 6.07) is 10.0. The lowest BCUT2D eigenvalue weighted by molar-refractivity contribution is -0.430. The third kappa shape index (κ3) is 1.11. The van der Waals surface area contributed by atoms with Gasteiger partial charge in [-0.15, -0.1) is 0 Å². The average molecular weight is 199 g/mol. The third-order valence-corrected chi connectivity index (χ3v) is 2.53. The van der Waals surface area contributed by atoms with Crippen LogP contribution in [0.3, 0.4) is 0 Å². The zero-order valence-corrected chi connectivity index (χ0v) is 8.07. The number of benzene rings is 1. The lowest BCUT2D eigenvalue weighted by Crippen LogP contribution is -2.07. The Morgan fingerprint density at radius 1 is 1.13 bits per heavy atom. The van der Waals surface area contributed by atoms with Crippen molar-refractivity contribution < 1.29 is 5.10 Å². The van der Waals surface area contributed by atoms with Crippen LogP contribution >= 0.6 is 0 Å². The highest BCUT2D eigenvalue weighted by Crippen LogP contribution is 2.23. The molecular formula is C11H11N4+. The van der Waals surface area contributed by atoms with Gasteiger partial charge in [0.1, 0.15) is 5.39 Å². The van der Waals surface area contributed by atoms with Crippen LogP contribution in [0.15, 0.2) is 42.7 Å². The maximum Gasteiger partial charge on any atom is 0.300 e. The molecule has 0 amide bonds. The van der Waals surface area contributed by atoms with Crippen molar-refractivity contribution in [1.29, 1.82) is 0 Å². The predicted octanol–water partition coefficient (Wildman–Crippen LogP) is 1.35. The molecule has 74 valence electrons. The van der Waals surface area contributed by atoms with Crippen LogP contribution in [-0.4, -0.2) is 9.67 Å². The van der Waals surface area contributed by atoms with Gasteiger partial charge in [0.2, 0.25) is 0 Å². The summed E-state index contributed by atoms with van der Waals surface area (Å²) in [6.45, 7) is 0. The van der Waals surface area contributed by atoms with E-state index in [4.69, 9.17) is 5.73 Å². The minimum atomic E-state index is 0.661. The predicted molar refractivity (Wildman–Crippen MR) is 58.6 cm³/mol. The number of nitrogens with zero attached hydrogens (tertiary/aromatic N) is 1. The molecule has 2 heterocycles. The number of fused-ring (bicyclic) bond motifs is 1. The highest BCUT2D eigenvalue weighted by atomic mass is 15.2. The quantitative estimate of drug-likeness (QED) is 0.610. The number of anilines is 1. The van der Waals surface area contributed by atoms with E-state index in [0.717, 1.165) is 16.6 Å². The van der Waals surface area contributed by atoms with E-state index < -0.39 is 0 Å². The number of aromatic amines is 2. The number of hydrogen-bond donors (Lipinski definition) is 2. The van der Waals surface area contributed by atoms with Crippen molar-refractivity contribution >= 4 is 16.7 Å². The van der Waals surface area contributed by atoms with Gasteiger partial charge in [0.25, 0.3) is 0 Å². The molecule has 0 aliphatic carbocycles. The highest BCUT2D eigenvalue weighted by molar-refractivity contribution is 5.94. The van der Waals surface area contributed by atoms with Crippen LogP contribution in [0.1, 0.15) is 0 Å². The minimum Gasteiger partial charge on any atom is -0.323 e. The van der Waals surface area contributed by atoms with Crippen LogP contribution in [0, 0.1) is 0 Å². The maximum absolute atomic E-state index is 5.88. The number of hydrogen-bond acceptors (Lipinski definition) is 1. The fraction of sp³-hybridized carbons (Fsp3) is 0. The van der Waals surface area contributed by atoms with Gasteiger partial charge in [-0.05, 0) is 24.3 Å². The molecule has 0 aliphatic heterocycles. The van der Waals surface area contributed by atoms with Crippen LogP contribution in [0.5, 0.6) is 0 Å². The van der Waals surface area contributed by atoms with Gasteiger partial charge in [0, 0.05) is 12.4 Å². The largest absolute Gasteiger partial charge is 0.323 e. The van der Waals surface area contributed by atoms with Crippen molar-refractivity contribution in [3.8, 4) is 5.69 Å². The van der Waals surface area contributed by atoms with E-state index >= 15 is 0 Å². The molecule has 0 radical (unpaired) electrons. The molecule has 0 unspecified atom stereocenters. The Bertz CT molecular complexity index is 592. The zero-order chi connectivity index (χ0) is 10.3. The second-order valence-corrected chi connectivity index (χ2v) is 3.45. The molecule has 0 saturated heterocycles. The van der Waals surface area contributed by atoms with Gasteiger partial charge < -0.3 is 4.57 Å². The van der Waals surface area contributed by atoms with Gasteiger partial charge in [-0.1, -0.05) is 6.07 Å². The summed E-state index contributed by atoms with van der Waals surface area (Å²) in [4.78, 5) is 0. The van der Waals surface area contributed by atoms with Crippen molar-refractivity contribution in [1.82, 2.24) is 9.67 Å². The van der Waals surface area contributed by atoms with Gasteiger partial charge in [0.15, 0.2) is 0 Å². The Morgan fingerprint density at radius 3 is 2.73 bits per heavy atom. The van der Waals surface area contributed by atoms with E-state index in [9.17, 15) is 0 Å². The maximum atomic E-state index is 5.88. The molecule has 4 N–H and O–H groups in total. The first kappa shape index (κ1) is 8.11. The molecule has 0 aliphatic rings. The molecular weight excluding hydrogens is 188 g/mol. The van der Waals surface area contributed by atoms with Gasteiger partial charge >= 0.3 is 5.82 Å². The second-order valence-electron chi connectivity index (χ2n) is 3.45. The third-order valence-electron chi connectivity index (χ3n) is 2.53. The van der Waals surface area contributed by atoms with Crippen LogP contribution in [-0.2, 0) is 0 Å². The molecule has 15 heavy (non-hydrogen) atoms. The molecule has 0 bridgehead atoms. The van der Waals surface area contributed by atoms with E-state index in [1.807, 2.05) is 47.3 Å². The molecule has 3 rings (SSSR count). The molecule has 0 fully saturated rings. The van der Waals surface area contributed by atoms with Crippen LogP contribution in [0.25, 0.3) is 16.6 Å². The number of nitrogen functional groups attached to an aromatic ring is 1. The number of rotatable bonds is 1. The summed E-state index contributed by atoms with van der Waals surface area (Å²) >= 11 is 0. The zero-order valence-electron chi connectivity index (χ0n) is 8.07. The Hall–Kier alpha value is -2.23. The number of aromatic nitrogens is 3. The topological polar surface area (TPSA) is 60.9 Å². The molecule has 0 saturated carbocycles. The van der Waals surface area contributed by atoms with Gasteiger partial charge in [-0.3, -0.25) is 5.73 Å². The normalized spacial score (nSPS) is 10.9. The fourth-order valence-corrected chi connectivity index (χ4v) is 1.83. The van der Waals surface area contributed by atoms with E-state index in [0.29, 0.717) is 5.82 Å². The summed E-state index contributed by atoms with van der Waals surface area (Å²) < 4.78 is 2.04. The lowest BCUT2D eigenvalue weighted by Gasteiger charge is -2.02. The summed E-state index contributed by atoms with van der Waals surface area (Å²) in [5, 5.41) is 6.97. The Labute approximate surface area is 86.3 Å². The first-order valence-electron chi connectivity index (χ1n) is 4.77. The van der Waals surface area contributed by atoms with E-state index in [1.165, 1.54) is 0 Å². The smallest absolute Gasteiger partial charge is 0.300 e. The minimum absolute atomic E-state index is 0.661. The van der Waals surface area contributed by atoms with E-state index in [-0.39, 0.29) is 0 Å². The molecule has 2 aromatic heterocycles. The summed E-state index contributed by atoms with van der Waals surface area (Å²) in [5.74, 6) is 0.661. The molecule has 0 atom stereocenters. The number of nitrogens with one attached hydrogen (secondary N) is 2. The second kappa shape index (κ2) is 2.88. The van der Waals surface area contributed by atoms with Crippen LogP contribution < -0.4 is 10.8 Å². The lowest BCUT2D eigenvalue weighted by atomic mass is 10.2. The summed E-state index contributed by atoms with van der Waals surface area (Å²) in [7, 11) is 0. The Kier molecular flexibility index (Phi) is 1.56. The van der Waals surface area contributed by atoms with Crippen molar-refractivity contribution in [3.05, 3.63) is 42.7 Å². The SMILES string of the molecule is Nc1[nH+][nH]c2cccc(-n3cccc3)c12. The highest BCUT2D eigenvalue weighted by Gasteiger charge is 2.11.